The summed E-state index contributed by atoms with van der Waals surface area (Å²) in [5, 5.41) is 0. The number of rotatable bonds is 5. The number of ether oxygens (including phenoxy) is 2. The number of hydrogen-bond acceptors (Lipinski definition) is 4. The van der Waals surface area contributed by atoms with E-state index in [4.69, 9.17) is 9.47 Å². The molecule has 0 N–H and O–H groups in total. The Hall–Kier alpha value is -4.25. The van der Waals surface area contributed by atoms with E-state index in [1.165, 1.54) is 0 Å². The molecule has 4 aromatic rings. The summed E-state index contributed by atoms with van der Waals surface area (Å²) in [5.74, 6) is 2.23. The summed E-state index contributed by atoms with van der Waals surface area (Å²) in [6.07, 6.45) is 0. The number of aryl methyl sites for hydroxylation is 2. The number of amides is 1. The highest BCUT2D eigenvalue weighted by molar-refractivity contribution is 6.14. The van der Waals surface area contributed by atoms with Gasteiger partial charge in [-0.05, 0) is 63.1 Å². The number of carbonyl (C=O) groups is 1. The molecular formula is C33H32N2O3. The van der Waals surface area contributed by atoms with Gasteiger partial charge >= 0.3 is 0 Å². The minimum atomic E-state index is -0.896. The van der Waals surface area contributed by atoms with Crippen LogP contribution in [0.4, 0.5) is 11.4 Å². The van der Waals surface area contributed by atoms with Gasteiger partial charge in [0.25, 0.3) is 5.91 Å². The average Bonchev–Trinajstić information content (AvgIpc) is 3.18. The first-order chi connectivity index (χ1) is 18.4. The maximum Gasteiger partial charge on any atom is 0.260 e. The van der Waals surface area contributed by atoms with Crippen molar-refractivity contribution in [3.05, 3.63) is 112 Å². The Labute approximate surface area is 224 Å². The zero-order chi connectivity index (χ0) is 26.6. The Balaban J connectivity index is 1.72. The normalized spacial score (nSPS) is 17.1. The monoisotopic (exact) mass is 504 g/mol. The van der Waals surface area contributed by atoms with Gasteiger partial charge in [0.15, 0.2) is 0 Å². The van der Waals surface area contributed by atoms with Gasteiger partial charge in [-0.2, -0.15) is 0 Å². The van der Waals surface area contributed by atoms with Crippen molar-refractivity contribution >= 4 is 17.3 Å². The molecule has 5 heteroatoms. The molecule has 0 bridgehead atoms. The van der Waals surface area contributed by atoms with E-state index in [0.29, 0.717) is 5.56 Å². The molecule has 1 atom stereocenters. The third-order valence-corrected chi connectivity index (χ3v) is 7.97. The summed E-state index contributed by atoms with van der Waals surface area (Å²) in [5.41, 5.74) is 6.64. The molecule has 6 rings (SSSR count). The van der Waals surface area contributed by atoms with Crippen LogP contribution in [0, 0.1) is 13.8 Å². The highest BCUT2D eigenvalue weighted by atomic mass is 16.5. The largest absolute Gasteiger partial charge is 0.496 e. The zero-order valence-electron chi connectivity index (χ0n) is 22.5. The Morgan fingerprint density at radius 1 is 0.842 bits per heavy atom. The fraction of sp³-hybridized carbons (Fsp3) is 0.242. The molecule has 4 aromatic carbocycles. The van der Waals surface area contributed by atoms with Crippen LogP contribution < -0.4 is 19.3 Å². The van der Waals surface area contributed by atoms with Gasteiger partial charge in [-0.25, -0.2) is 0 Å². The van der Waals surface area contributed by atoms with Crippen molar-refractivity contribution in [2.24, 2.45) is 0 Å². The second kappa shape index (κ2) is 8.95. The van der Waals surface area contributed by atoms with E-state index in [-0.39, 0.29) is 5.91 Å². The van der Waals surface area contributed by atoms with Crippen molar-refractivity contribution in [3.63, 3.8) is 0 Å². The van der Waals surface area contributed by atoms with Crippen LogP contribution in [0.3, 0.4) is 0 Å². The Morgan fingerprint density at radius 3 is 2.29 bits per heavy atom. The van der Waals surface area contributed by atoms with E-state index < -0.39 is 5.54 Å². The first-order valence-corrected chi connectivity index (χ1v) is 13.2. The van der Waals surface area contributed by atoms with Crippen molar-refractivity contribution in [1.29, 1.82) is 0 Å². The van der Waals surface area contributed by atoms with E-state index in [2.05, 4.69) is 68.1 Å². The molecule has 2 heterocycles. The van der Waals surface area contributed by atoms with Gasteiger partial charge < -0.3 is 14.4 Å². The van der Waals surface area contributed by atoms with Crippen molar-refractivity contribution in [2.45, 2.75) is 33.2 Å². The second-order valence-corrected chi connectivity index (χ2v) is 10.0. The lowest BCUT2D eigenvalue weighted by atomic mass is 9.74. The van der Waals surface area contributed by atoms with Gasteiger partial charge in [-0.3, -0.25) is 9.69 Å². The van der Waals surface area contributed by atoms with Crippen LogP contribution in [0.15, 0.2) is 78.9 Å². The molecular weight excluding hydrogens is 472 g/mol. The lowest BCUT2D eigenvalue weighted by molar-refractivity contribution is 0.0985. The molecule has 0 radical (unpaired) electrons. The average molecular weight is 505 g/mol. The van der Waals surface area contributed by atoms with Gasteiger partial charge in [-0.15, -0.1) is 0 Å². The highest BCUT2D eigenvalue weighted by Gasteiger charge is 2.57. The van der Waals surface area contributed by atoms with E-state index in [1.807, 2.05) is 48.2 Å². The summed E-state index contributed by atoms with van der Waals surface area (Å²) >= 11 is 0. The first-order valence-electron chi connectivity index (χ1n) is 13.2. The highest BCUT2D eigenvalue weighted by Crippen LogP contribution is 2.59. The van der Waals surface area contributed by atoms with Crippen LogP contribution in [0.1, 0.15) is 52.0 Å². The zero-order valence-corrected chi connectivity index (χ0v) is 22.5. The van der Waals surface area contributed by atoms with E-state index in [1.54, 1.807) is 7.11 Å². The van der Waals surface area contributed by atoms with Crippen LogP contribution >= 0.6 is 0 Å². The number of fused-ring (bicyclic) bond motifs is 6. The summed E-state index contributed by atoms with van der Waals surface area (Å²) < 4.78 is 12.3. The maximum absolute atomic E-state index is 14.3. The van der Waals surface area contributed by atoms with Crippen LogP contribution in [0.5, 0.6) is 17.2 Å². The standard InChI is InChI=1S/C33H32N2O3/c1-6-34(7-2)23-15-17-28-31(19-23)38-30-18-21(3)12-16-27(30)33(28)26-11-9-8-10-25(26)32(36)35(33)24-14-13-22(4)29(20-24)37-5/h8-20H,6-7H2,1-5H3. The summed E-state index contributed by atoms with van der Waals surface area (Å²) in [6, 6.07) is 26.6. The quantitative estimate of drug-likeness (QED) is 0.288. The molecule has 0 aliphatic carbocycles. The van der Waals surface area contributed by atoms with Gasteiger partial charge in [0.1, 0.15) is 22.8 Å². The van der Waals surface area contributed by atoms with Gasteiger partial charge in [0.2, 0.25) is 0 Å². The smallest absolute Gasteiger partial charge is 0.260 e. The molecule has 5 nitrogen and oxygen atoms in total. The fourth-order valence-electron chi connectivity index (χ4n) is 6.12. The van der Waals surface area contributed by atoms with Gasteiger partial charge in [-0.1, -0.05) is 42.5 Å². The summed E-state index contributed by atoms with van der Waals surface area (Å²) in [7, 11) is 1.67. The van der Waals surface area contributed by atoms with E-state index in [9.17, 15) is 4.79 Å². The van der Waals surface area contributed by atoms with Crippen LogP contribution in [0.25, 0.3) is 0 Å². The molecule has 2 aliphatic rings. The first kappa shape index (κ1) is 24.1. The van der Waals surface area contributed by atoms with E-state index >= 15 is 0 Å². The molecule has 1 unspecified atom stereocenters. The third kappa shape index (κ3) is 3.27. The fourth-order valence-corrected chi connectivity index (χ4v) is 6.12. The molecule has 0 aromatic heterocycles. The van der Waals surface area contributed by atoms with Crippen molar-refractivity contribution in [1.82, 2.24) is 0 Å². The van der Waals surface area contributed by atoms with Crippen molar-refractivity contribution in [3.8, 4) is 17.2 Å². The van der Waals surface area contributed by atoms with Crippen molar-refractivity contribution in [2.75, 3.05) is 30.0 Å². The maximum atomic E-state index is 14.3. The lowest BCUT2D eigenvalue weighted by Crippen LogP contribution is -2.47. The Morgan fingerprint density at radius 2 is 1.55 bits per heavy atom. The van der Waals surface area contributed by atoms with Crippen LogP contribution in [0.2, 0.25) is 0 Å². The number of methoxy groups -OCH3 is 1. The van der Waals surface area contributed by atoms with Gasteiger partial charge in [0, 0.05) is 58.9 Å². The predicted molar refractivity (Wildman–Crippen MR) is 152 cm³/mol. The molecule has 2 aliphatic heterocycles. The number of benzene rings is 4. The van der Waals surface area contributed by atoms with Crippen LogP contribution in [-0.4, -0.2) is 26.1 Å². The summed E-state index contributed by atoms with van der Waals surface area (Å²) in [6.45, 7) is 10.2. The predicted octanol–water partition coefficient (Wildman–Crippen LogP) is 7.22. The van der Waals surface area contributed by atoms with Gasteiger partial charge in [0.05, 0.1) is 7.11 Å². The SMILES string of the molecule is CCN(CC)c1ccc2c(c1)Oc1cc(C)ccc1C21c2ccccc2C(=O)N1c1ccc(C)c(OC)c1. The summed E-state index contributed by atoms with van der Waals surface area (Å²) in [4.78, 5) is 18.6. The Kier molecular flexibility index (Phi) is 5.68. The molecule has 38 heavy (non-hydrogen) atoms. The Bertz CT molecular complexity index is 1570. The van der Waals surface area contributed by atoms with E-state index in [0.717, 1.165) is 69.5 Å². The molecule has 0 saturated carbocycles. The molecule has 0 fully saturated rings. The number of anilines is 2. The topological polar surface area (TPSA) is 42.0 Å². The lowest BCUT2D eigenvalue weighted by Gasteiger charge is -2.44. The number of hydrogen-bond donors (Lipinski definition) is 0. The molecule has 192 valence electrons. The minimum absolute atomic E-state index is 0.0429. The number of nitrogens with zero attached hydrogens (tertiary/aromatic N) is 2. The molecule has 0 saturated heterocycles. The number of carbonyl (C=O) groups excluding carboxylic acids is 1. The minimum Gasteiger partial charge on any atom is -0.496 e. The third-order valence-electron chi connectivity index (χ3n) is 7.97. The van der Waals surface area contributed by atoms with Crippen molar-refractivity contribution < 1.29 is 14.3 Å². The van der Waals surface area contributed by atoms with Crippen LogP contribution in [-0.2, 0) is 5.54 Å². The molecule has 1 amide bonds. The molecule has 1 spiro atoms. The second-order valence-electron chi connectivity index (χ2n) is 10.0.